The summed E-state index contributed by atoms with van der Waals surface area (Å²) in [6.07, 6.45) is 9.10. The average Bonchev–Trinajstić information content (AvgIpc) is 2.97. The summed E-state index contributed by atoms with van der Waals surface area (Å²) in [5.74, 6) is 0.653. The maximum atomic E-state index is 12.3. The van der Waals surface area contributed by atoms with E-state index in [9.17, 15) is 14.7 Å². The zero-order valence-corrected chi connectivity index (χ0v) is 12.1. The molecule has 2 atom stereocenters. The predicted octanol–water partition coefficient (Wildman–Crippen LogP) is 2.53. The number of nitrogens with zero attached hydrogens (tertiary/aromatic N) is 1. The van der Waals surface area contributed by atoms with E-state index in [-0.39, 0.29) is 17.7 Å². The molecule has 1 amide bonds. The highest BCUT2D eigenvalue weighted by Crippen LogP contribution is 2.44. The van der Waals surface area contributed by atoms with Crippen molar-refractivity contribution < 1.29 is 14.7 Å². The molecule has 20 heavy (non-hydrogen) atoms. The topological polar surface area (TPSA) is 57.6 Å². The molecule has 3 aliphatic rings. The van der Waals surface area contributed by atoms with Crippen LogP contribution in [-0.2, 0) is 9.59 Å². The van der Waals surface area contributed by atoms with Gasteiger partial charge in [-0.1, -0.05) is 25.7 Å². The minimum atomic E-state index is -0.715. The number of rotatable bonds is 5. The van der Waals surface area contributed by atoms with Gasteiger partial charge in [0, 0.05) is 19.5 Å². The molecule has 4 heteroatoms. The molecule has 0 spiro atoms. The van der Waals surface area contributed by atoms with E-state index in [2.05, 4.69) is 0 Å². The van der Waals surface area contributed by atoms with Crippen LogP contribution < -0.4 is 0 Å². The smallest absolute Gasteiger partial charge is 0.308 e. The Kier molecular flexibility index (Phi) is 3.99. The van der Waals surface area contributed by atoms with E-state index in [1.807, 2.05) is 4.90 Å². The zero-order chi connectivity index (χ0) is 14.1. The summed E-state index contributed by atoms with van der Waals surface area (Å²) in [5, 5.41) is 9.32. The summed E-state index contributed by atoms with van der Waals surface area (Å²) in [4.78, 5) is 25.5. The third-order valence-electron chi connectivity index (χ3n) is 5.50. The van der Waals surface area contributed by atoms with Crippen LogP contribution in [0.3, 0.4) is 0 Å². The molecule has 0 aromatic heterocycles. The Morgan fingerprint density at radius 1 is 1.05 bits per heavy atom. The fourth-order valence-electron chi connectivity index (χ4n) is 4.08. The Labute approximate surface area is 120 Å². The Morgan fingerprint density at radius 2 is 1.75 bits per heavy atom. The van der Waals surface area contributed by atoms with Crippen molar-refractivity contribution in [3.05, 3.63) is 0 Å². The summed E-state index contributed by atoms with van der Waals surface area (Å²) in [7, 11) is 0. The second-order valence-corrected chi connectivity index (χ2v) is 6.93. The van der Waals surface area contributed by atoms with Crippen LogP contribution in [0.5, 0.6) is 0 Å². The van der Waals surface area contributed by atoms with Crippen molar-refractivity contribution in [1.82, 2.24) is 4.90 Å². The van der Waals surface area contributed by atoms with E-state index >= 15 is 0 Å². The quantitative estimate of drug-likeness (QED) is 0.841. The van der Waals surface area contributed by atoms with Gasteiger partial charge < -0.3 is 10.0 Å². The molecule has 0 unspecified atom stereocenters. The highest BCUT2D eigenvalue weighted by Gasteiger charge is 2.46. The van der Waals surface area contributed by atoms with Crippen molar-refractivity contribution in [2.75, 3.05) is 13.1 Å². The standard InChI is InChI=1S/C16H25NO3/c18-15(8-5-11-3-1-2-4-11)17-9-13(12-6-7-12)14(10-17)16(19)20/h11-14H,1-10H2,(H,19,20)/t13-,14+/m1/s1. The van der Waals surface area contributed by atoms with Gasteiger partial charge in [-0.05, 0) is 37.0 Å². The SMILES string of the molecule is O=C(O)[C@H]1CN(C(=O)CCC2CCCC2)C[C@@H]1C1CC1. The fourth-order valence-corrected chi connectivity index (χ4v) is 4.08. The summed E-state index contributed by atoms with van der Waals surface area (Å²) in [5.41, 5.74) is 0. The largest absolute Gasteiger partial charge is 0.481 e. The van der Waals surface area contributed by atoms with Gasteiger partial charge in [0.05, 0.1) is 5.92 Å². The van der Waals surface area contributed by atoms with Gasteiger partial charge in [-0.15, -0.1) is 0 Å². The van der Waals surface area contributed by atoms with Gasteiger partial charge in [-0.25, -0.2) is 0 Å². The first-order valence-corrected chi connectivity index (χ1v) is 8.15. The van der Waals surface area contributed by atoms with Crippen LogP contribution in [0.25, 0.3) is 0 Å². The lowest BCUT2D eigenvalue weighted by Gasteiger charge is -2.17. The molecule has 0 radical (unpaired) electrons. The lowest BCUT2D eigenvalue weighted by molar-refractivity contribution is -0.142. The average molecular weight is 279 g/mol. The fraction of sp³-hybridized carbons (Fsp3) is 0.875. The number of carboxylic acids is 1. The molecule has 0 bridgehead atoms. The number of aliphatic carboxylic acids is 1. The van der Waals surface area contributed by atoms with Crippen molar-refractivity contribution in [2.24, 2.45) is 23.7 Å². The third-order valence-corrected chi connectivity index (χ3v) is 5.50. The van der Waals surface area contributed by atoms with Crippen LogP contribution in [0.15, 0.2) is 0 Å². The van der Waals surface area contributed by atoms with Crippen LogP contribution in [-0.4, -0.2) is 35.0 Å². The van der Waals surface area contributed by atoms with Crippen LogP contribution in [0.4, 0.5) is 0 Å². The first-order valence-electron chi connectivity index (χ1n) is 8.15. The van der Waals surface area contributed by atoms with Gasteiger partial charge >= 0.3 is 5.97 Å². The molecular weight excluding hydrogens is 254 g/mol. The maximum Gasteiger partial charge on any atom is 0.308 e. The molecule has 112 valence electrons. The second-order valence-electron chi connectivity index (χ2n) is 6.93. The second kappa shape index (κ2) is 5.74. The number of carbonyl (C=O) groups excluding carboxylic acids is 1. The summed E-state index contributed by atoms with van der Waals surface area (Å²) < 4.78 is 0. The van der Waals surface area contributed by atoms with Crippen LogP contribution >= 0.6 is 0 Å². The van der Waals surface area contributed by atoms with Gasteiger partial charge in [0.1, 0.15) is 0 Å². The highest BCUT2D eigenvalue weighted by molar-refractivity contribution is 5.79. The van der Waals surface area contributed by atoms with Crippen molar-refractivity contribution in [2.45, 2.75) is 51.4 Å². The molecule has 1 N–H and O–H groups in total. The monoisotopic (exact) mass is 279 g/mol. The highest BCUT2D eigenvalue weighted by atomic mass is 16.4. The maximum absolute atomic E-state index is 12.3. The minimum Gasteiger partial charge on any atom is -0.481 e. The number of hydrogen-bond donors (Lipinski definition) is 1. The Bertz CT molecular complexity index is 385. The van der Waals surface area contributed by atoms with E-state index in [0.717, 1.165) is 25.2 Å². The van der Waals surface area contributed by atoms with Gasteiger partial charge in [0.25, 0.3) is 0 Å². The van der Waals surface area contributed by atoms with Gasteiger partial charge in [-0.2, -0.15) is 0 Å². The van der Waals surface area contributed by atoms with Crippen LogP contribution in [0, 0.1) is 23.7 Å². The van der Waals surface area contributed by atoms with Crippen molar-refractivity contribution in [3.8, 4) is 0 Å². The molecule has 1 saturated heterocycles. The Hall–Kier alpha value is -1.06. The van der Waals surface area contributed by atoms with Crippen molar-refractivity contribution >= 4 is 11.9 Å². The Balaban J connectivity index is 1.51. The number of carbonyl (C=O) groups is 2. The first kappa shape index (κ1) is 13.9. The molecule has 3 rings (SSSR count). The van der Waals surface area contributed by atoms with Crippen LogP contribution in [0.2, 0.25) is 0 Å². The molecule has 4 nitrogen and oxygen atoms in total. The molecule has 3 fully saturated rings. The van der Waals surface area contributed by atoms with Gasteiger partial charge in [0.2, 0.25) is 5.91 Å². The molecule has 1 heterocycles. The summed E-state index contributed by atoms with van der Waals surface area (Å²) in [6, 6.07) is 0. The summed E-state index contributed by atoms with van der Waals surface area (Å²) in [6.45, 7) is 1.13. The number of amides is 1. The lowest BCUT2D eigenvalue weighted by Crippen LogP contribution is -2.30. The van der Waals surface area contributed by atoms with E-state index in [1.54, 1.807) is 0 Å². The van der Waals surface area contributed by atoms with Crippen molar-refractivity contribution in [3.63, 3.8) is 0 Å². The third kappa shape index (κ3) is 2.99. The zero-order valence-electron chi connectivity index (χ0n) is 12.1. The van der Waals surface area contributed by atoms with E-state index < -0.39 is 5.97 Å². The van der Waals surface area contributed by atoms with Gasteiger partial charge in [-0.3, -0.25) is 9.59 Å². The molecular formula is C16H25NO3. The molecule has 0 aromatic carbocycles. The van der Waals surface area contributed by atoms with E-state index in [0.29, 0.717) is 25.4 Å². The Morgan fingerprint density at radius 3 is 2.35 bits per heavy atom. The van der Waals surface area contributed by atoms with Crippen molar-refractivity contribution in [1.29, 1.82) is 0 Å². The van der Waals surface area contributed by atoms with Crippen LogP contribution in [0.1, 0.15) is 51.4 Å². The molecule has 1 aliphatic heterocycles. The molecule has 2 aliphatic carbocycles. The summed E-state index contributed by atoms with van der Waals surface area (Å²) >= 11 is 0. The lowest BCUT2D eigenvalue weighted by atomic mass is 9.92. The molecule has 2 saturated carbocycles. The van der Waals surface area contributed by atoms with E-state index in [1.165, 1.54) is 25.7 Å². The number of likely N-dealkylation sites (tertiary alicyclic amines) is 1. The predicted molar refractivity (Wildman–Crippen MR) is 75.1 cm³/mol. The number of carboxylic acid groups (broad SMARTS) is 1. The molecule has 0 aromatic rings. The van der Waals surface area contributed by atoms with E-state index in [4.69, 9.17) is 0 Å². The normalized spacial score (nSPS) is 30.9. The minimum absolute atomic E-state index is 0.186. The van der Waals surface area contributed by atoms with Gasteiger partial charge in [0.15, 0.2) is 0 Å². The first-order chi connectivity index (χ1) is 9.65. The number of hydrogen-bond acceptors (Lipinski definition) is 2.